The van der Waals surface area contributed by atoms with Crippen LogP contribution in [0.2, 0.25) is 0 Å². The third kappa shape index (κ3) is 2.41. The van der Waals surface area contributed by atoms with Gasteiger partial charge in [0.15, 0.2) is 0 Å². The van der Waals surface area contributed by atoms with Gasteiger partial charge in [-0.3, -0.25) is 10.4 Å². The first kappa shape index (κ1) is 9.91. The molecule has 0 amide bonds. The molecule has 1 aliphatic carbocycles. The van der Waals surface area contributed by atoms with E-state index in [1.807, 2.05) is 0 Å². The molecule has 72 valence electrons. The first-order valence-corrected chi connectivity index (χ1v) is 5.43. The first-order valence-electron chi connectivity index (χ1n) is 4.03. The molecule has 0 aromatic heterocycles. The molecule has 1 rings (SSSR count). The quantitative estimate of drug-likeness (QED) is 0.376. The van der Waals surface area contributed by atoms with Crippen LogP contribution >= 0.6 is 0 Å². The van der Waals surface area contributed by atoms with E-state index >= 15 is 0 Å². The van der Waals surface area contributed by atoms with Gasteiger partial charge in [0.2, 0.25) is 0 Å². The van der Waals surface area contributed by atoms with Crippen LogP contribution in [0.1, 0.15) is 32.1 Å². The van der Waals surface area contributed by atoms with Crippen LogP contribution in [-0.4, -0.2) is 23.4 Å². The second kappa shape index (κ2) is 3.69. The number of rotatable bonds is 2. The highest BCUT2D eigenvalue weighted by atomic mass is 32.2. The fraction of sp³-hybridized carbons (Fsp3) is 1.00. The van der Waals surface area contributed by atoms with Gasteiger partial charge in [0.1, 0.15) is 0 Å². The van der Waals surface area contributed by atoms with Gasteiger partial charge in [0, 0.05) is 6.04 Å². The molecular formula is C6H14N2O3S. The van der Waals surface area contributed by atoms with Gasteiger partial charge in [0.25, 0.3) is 0 Å². The zero-order valence-electron chi connectivity index (χ0n) is 6.81. The van der Waals surface area contributed by atoms with Gasteiger partial charge < -0.3 is 0 Å². The molecule has 12 heavy (non-hydrogen) atoms. The fourth-order valence-corrected chi connectivity index (χ4v) is 2.11. The molecule has 0 atom stereocenters. The standard InChI is InChI=1S/C6H14N2O3S/c7-8(12(9,10)11)6-4-2-1-3-5-6/h6H,1-5,7H2,(H,9,10,11). The Morgan fingerprint density at radius 1 is 1.25 bits per heavy atom. The topological polar surface area (TPSA) is 83.6 Å². The van der Waals surface area contributed by atoms with Crippen molar-refractivity contribution in [1.82, 2.24) is 4.41 Å². The lowest BCUT2D eigenvalue weighted by molar-refractivity contribution is 0.237. The SMILES string of the molecule is NN(C1CCCCC1)S(=O)(=O)O. The van der Waals surface area contributed by atoms with E-state index in [2.05, 4.69) is 0 Å². The number of hydrazine groups is 1. The van der Waals surface area contributed by atoms with Crippen LogP contribution < -0.4 is 5.84 Å². The van der Waals surface area contributed by atoms with Crippen molar-refractivity contribution in [2.24, 2.45) is 5.84 Å². The monoisotopic (exact) mass is 194 g/mol. The average molecular weight is 194 g/mol. The zero-order chi connectivity index (χ0) is 9.19. The van der Waals surface area contributed by atoms with Crippen LogP contribution in [0.25, 0.3) is 0 Å². The summed E-state index contributed by atoms with van der Waals surface area (Å²) in [7, 11) is -4.19. The molecule has 0 aromatic carbocycles. The molecule has 0 unspecified atom stereocenters. The normalized spacial score (nSPS) is 21.6. The molecule has 1 fully saturated rings. The van der Waals surface area contributed by atoms with E-state index in [4.69, 9.17) is 10.4 Å². The van der Waals surface area contributed by atoms with Gasteiger partial charge in [-0.25, -0.2) is 0 Å². The lowest BCUT2D eigenvalue weighted by Crippen LogP contribution is -2.45. The number of nitrogens with zero attached hydrogens (tertiary/aromatic N) is 1. The van der Waals surface area contributed by atoms with Gasteiger partial charge in [-0.05, 0) is 12.8 Å². The van der Waals surface area contributed by atoms with E-state index in [0.29, 0.717) is 4.41 Å². The predicted octanol–water partition coefficient (Wildman–Crippen LogP) is 0.298. The second-order valence-electron chi connectivity index (χ2n) is 3.10. The third-order valence-electron chi connectivity index (χ3n) is 2.20. The van der Waals surface area contributed by atoms with Gasteiger partial charge in [-0.2, -0.15) is 8.42 Å². The van der Waals surface area contributed by atoms with Gasteiger partial charge in [-0.1, -0.05) is 19.3 Å². The Kier molecular flexibility index (Phi) is 3.05. The number of nitrogens with two attached hydrogens (primary N) is 1. The highest BCUT2D eigenvalue weighted by Gasteiger charge is 2.26. The Hall–Kier alpha value is -0.170. The predicted molar refractivity (Wildman–Crippen MR) is 44.4 cm³/mol. The molecule has 0 radical (unpaired) electrons. The summed E-state index contributed by atoms with van der Waals surface area (Å²) in [5.74, 6) is 5.22. The Morgan fingerprint density at radius 2 is 1.75 bits per heavy atom. The molecule has 3 N–H and O–H groups in total. The van der Waals surface area contributed by atoms with E-state index in [9.17, 15) is 8.42 Å². The summed E-state index contributed by atoms with van der Waals surface area (Å²) in [6, 6.07) is -0.214. The summed E-state index contributed by atoms with van der Waals surface area (Å²) in [6.07, 6.45) is 4.57. The van der Waals surface area contributed by atoms with Crippen LogP contribution in [-0.2, 0) is 10.3 Å². The van der Waals surface area contributed by atoms with E-state index in [0.717, 1.165) is 32.1 Å². The van der Waals surface area contributed by atoms with Gasteiger partial charge in [-0.15, -0.1) is 4.41 Å². The Balaban J connectivity index is 2.57. The molecule has 0 saturated heterocycles. The molecule has 0 aliphatic heterocycles. The van der Waals surface area contributed by atoms with Crippen molar-refractivity contribution in [3.63, 3.8) is 0 Å². The number of hydrogen-bond acceptors (Lipinski definition) is 3. The van der Waals surface area contributed by atoms with Crippen LogP contribution in [0, 0.1) is 0 Å². The van der Waals surface area contributed by atoms with E-state index in [1.54, 1.807) is 0 Å². The lowest BCUT2D eigenvalue weighted by Gasteiger charge is -2.27. The van der Waals surface area contributed by atoms with Crippen molar-refractivity contribution in [3.8, 4) is 0 Å². The third-order valence-corrected chi connectivity index (χ3v) is 3.03. The smallest absolute Gasteiger partial charge is 0.272 e. The average Bonchev–Trinajstić information content (AvgIpc) is 2.03. The van der Waals surface area contributed by atoms with Gasteiger partial charge in [0.05, 0.1) is 0 Å². The molecule has 1 saturated carbocycles. The van der Waals surface area contributed by atoms with E-state index in [1.165, 1.54) is 0 Å². The van der Waals surface area contributed by atoms with Crippen LogP contribution in [0.15, 0.2) is 0 Å². The maximum Gasteiger partial charge on any atom is 0.348 e. The van der Waals surface area contributed by atoms with Crippen molar-refractivity contribution in [1.29, 1.82) is 0 Å². The molecular weight excluding hydrogens is 180 g/mol. The minimum absolute atomic E-state index is 0.214. The van der Waals surface area contributed by atoms with Crippen molar-refractivity contribution >= 4 is 10.3 Å². The lowest BCUT2D eigenvalue weighted by atomic mass is 9.96. The highest BCUT2D eigenvalue weighted by Crippen LogP contribution is 2.21. The highest BCUT2D eigenvalue weighted by molar-refractivity contribution is 7.83. The maximum absolute atomic E-state index is 10.6. The Bertz CT molecular complexity index is 233. The molecule has 0 heterocycles. The van der Waals surface area contributed by atoms with Crippen molar-refractivity contribution in [2.75, 3.05) is 0 Å². The van der Waals surface area contributed by atoms with Gasteiger partial charge >= 0.3 is 10.3 Å². The number of hydrogen-bond donors (Lipinski definition) is 2. The Labute approximate surface area is 72.4 Å². The minimum atomic E-state index is -4.19. The second-order valence-corrected chi connectivity index (χ2v) is 4.42. The van der Waals surface area contributed by atoms with Crippen molar-refractivity contribution in [3.05, 3.63) is 0 Å². The molecule has 0 bridgehead atoms. The van der Waals surface area contributed by atoms with Crippen LogP contribution in [0.3, 0.4) is 0 Å². The van der Waals surface area contributed by atoms with Crippen molar-refractivity contribution in [2.45, 2.75) is 38.1 Å². The zero-order valence-corrected chi connectivity index (χ0v) is 7.63. The maximum atomic E-state index is 10.6. The van der Waals surface area contributed by atoms with Crippen LogP contribution in [0.5, 0.6) is 0 Å². The van der Waals surface area contributed by atoms with E-state index in [-0.39, 0.29) is 6.04 Å². The molecule has 0 spiro atoms. The summed E-state index contributed by atoms with van der Waals surface area (Å²) in [5, 5.41) is 0. The van der Waals surface area contributed by atoms with Crippen LogP contribution in [0.4, 0.5) is 0 Å². The molecule has 1 aliphatic rings. The molecule has 5 nitrogen and oxygen atoms in total. The first-order chi connectivity index (χ1) is 5.52. The summed E-state index contributed by atoms with van der Waals surface area (Å²) in [4.78, 5) is 0. The molecule has 0 aromatic rings. The summed E-state index contributed by atoms with van der Waals surface area (Å²) < 4.78 is 30.4. The Morgan fingerprint density at radius 3 is 2.17 bits per heavy atom. The largest absolute Gasteiger partial charge is 0.348 e. The summed E-state index contributed by atoms with van der Waals surface area (Å²) >= 11 is 0. The summed E-state index contributed by atoms with van der Waals surface area (Å²) in [6.45, 7) is 0. The van der Waals surface area contributed by atoms with Crippen molar-refractivity contribution < 1.29 is 13.0 Å². The molecule has 6 heteroatoms. The summed E-state index contributed by atoms with van der Waals surface area (Å²) in [5.41, 5.74) is 0. The fourth-order valence-electron chi connectivity index (χ4n) is 1.52. The minimum Gasteiger partial charge on any atom is -0.272 e. The van der Waals surface area contributed by atoms with E-state index < -0.39 is 10.3 Å².